The molecule has 110 valence electrons. The fourth-order valence-corrected chi connectivity index (χ4v) is 1.77. The lowest BCUT2D eigenvalue weighted by molar-refractivity contribution is -0.123. The lowest BCUT2D eigenvalue weighted by Gasteiger charge is -2.15. The Kier molecular flexibility index (Phi) is 3.79. The van der Waals surface area contributed by atoms with E-state index < -0.39 is 17.8 Å². The normalized spacial score (nSPS) is 14.4. The summed E-state index contributed by atoms with van der Waals surface area (Å²) in [4.78, 5) is 34.3. The number of barbiturate groups is 1. The number of aromatic hydroxyl groups is 1. The van der Waals surface area contributed by atoms with Crippen molar-refractivity contribution in [2.24, 2.45) is 0 Å². The minimum Gasteiger partial charge on any atom is -0.507 e. The molecule has 1 aromatic carbocycles. The van der Waals surface area contributed by atoms with Crippen molar-refractivity contribution in [3.05, 3.63) is 23.3 Å². The Labute approximate surface area is 119 Å². The van der Waals surface area contributed by atoms with Crippen molar-refractivity contribution >= 4 is 23.9 Å². The minimum absolute atomic E-state index is 0.118. The third-order valence-electron chi connectivity index (χ3n) is 2.78. The van der Waals surface area contributed by atoms with E-state index in [2.05, 4.69) is 0 Å². The highest BCUT2D eigenvalue weighted by Gasteiger charge is 2.28. The first-order chi connectivity index (χ1) is 9.96. The molecule has 3 N–H and O–H groups in total. The van der Waals surface area contributed by atoms with E-state index >= 15 is 0 Å². The first kappa shape index (κ1) is 14.4. The third kappa shape index (κ3) is 2.78. The van der Waals surface area contributed by atoms with Gasteiger partial charge < -0.3 is 14.6 Å². The molecule has 8 nitrogen and oxygen atoms in total. The number of ether oxygens (including phenoxy) is 2. The molecular weight excluding hydrogens is 280 g/mol. The summed E-state index contributed by atoms with van der Waals surface area (Å²) in [6, 6.07) is 1.89. The van der Waals surface area contributed by atoms with E-state index in [-0.39, 0.29) is 22.6 Å². The van der Waals surface area contributed by atoms with Crippen LogP contribution >= 0.6 is 0 Å². The summed E-state index contributed by atoms with van der Waals surface area (Å²) in [7, 11) is 2.78. The van der Waals surface area contributed by atoms with Crippen LogP contribution in [-0.4, -0.2) is 37.2 Å². The molecule has 1 heterocycles. The van der Waals surface area contributed by atoms with Crippen LogP contribution in [0, 0.1) is 0 Å². The molecule has 4 amide bonds. The molecule has 2 rings (SSSR count). The van der Waals surface area contributed by atoms with Crippen molar-refractivity contribution in [3.63, 3.8) is 0 Å². The number of phenolic OH excluding ortho intramolecular Hbond substituents is 1. The van der Waals surface area contributed by atoms with E-state index in [0.717, 1.165) is 6.08 Å². The number of nitrogens with one attached hydrogen (secondary N) is 2. The molecule has 0 aliphatic carbocycles. The smallest absolute Gasteiger partial charge is 0.328 e. The van der Waals surface area contributed by atoms with Crippen LogP contribution in [0.2, 0.25) is 0 Å². The van der Waals surface area contributed by atoms with Gasteiger partial charge in [0, 0.05) is 12.1 Å². The zero-order chi connectivity index (χ0) is 15.6. The molecule has 0 atom stereocenters. The van der Waals surface area contributed by atoms with Gasteiger partial charge >= 0.3 is 6.03 Å². The van der Waals surface area contributed by atoms with Gasteiger partial charge in [-0.25, -0.2) is 4.79 Å². The monoisotopic (exact) mass is 292 g/mol. The number of benzene rings is 1. The molecule has 1 saturated heterocycles. The first-order valence-corrected chi connectivity index (χ1v) is 5.79. The van der Waals surface area contributed by atoms with Gasteiger partial charge in [-0.05, 0) is 6.08 Å². The van der Waals surface area contributed by atoms with Crippen molar-refractivity contribution in [3.8, 4) is 17.2 Å². The number of amides is 4. The van der Waals surface area contributed by atoms with Gasteiger partial charge in [-0.3, -0.25) is 20.2 Å². The highest BCUT2D eigenvalue weighted by atomic mass is 16.5. The molecule has 1 aliphatic heterocycles. The standard InChI is InChI=1S/C13H12N2O6/c1-20-6-3-9(16)7(10(4-6)21-2)5-8-11(17)14-13(19)15-12(8)18/h3-5,16H,1-2H3,(H2,14,15,17,18,19). The topological polar surface area (TPSA) is 114 Å². The highest BCUT2D eigenvalue weighted by molar-refractivity contribution is 6.31. The average Bonchev–Trinajstić information content (AvgIpc) is 2.43. The predicted molar refractivity (Wildman–Crippen MR) is 70.9 cm³/mol. The summed E-state index contributed by atoms with van der Waals surface area (Å²) in [5.41, 5.74) is -0.207. The second kappa shape index (κ2) is 5.53. The van der Waals surface area contributed by atoms with Gasteiger partial charge in [-0.15, -0.1) is 0 Å². The number of hydrogen-bond donors (Lipinski definition) is 3. The van der Waals surface area contributed by atoms with E-state index in [9.17, 15) is 19.5 Å². The lowest BCUT2D eigenvalue weighted by atomic mass is 10.1. The van der Waals surface area contributed by atoms with Crippen LogP contribution in [0.25, 0.3) is 6.08 Å². The van der Waals surface area contributed by atoms with Crippen molar-refractivity contribution in [2.75, 3.05) is 14.2 Å². The van der Waals surface area contributed by atoms with E-state index in [1.165, 1.54) is 26.4 Å². The average molecular weight is 292 g/mol. The zero-order valence-corrected chi connectivity index (χ0v) is 11.2. The fourth-order valence-electron chi connectivity index (χ4n) is 1.77. The van der Waals surface area contributed by atoms with Crippen LogP contribution in [0.1, 0.15) is 5.56 Å². The number of carbonyl (C=O) groups is 3. The van der Waals surface area contributed by atoms with Crippen LogP contribution in [0.5, 0.6) is 17.2 Å². The second-order valence-electron chi connectivity index (χ2n) is 4.06. The summed E-state index contributed by atoms with van der Waals surface area (Å²) in [5.74, 6) is -1.41. The third-order valence-corrected chi connectivity index (χ3v) is 2.78. The SMILES string of the molecule is COc1cc(O)c(C=C2C(=O)NC(=O)NC2=O)c(OC)c1. The van der Waals surface area contributed by atoms with Gasteiger partial charge in [0.2, 0.25) is 0 Å². The summed E-state index contributed by atoms with van der Waals surface area (Å²) in [5, 5.41) is 13.8. The molecule has 0 unspecified atom stereocenters. The molecule has 0 spiro atoms. The second-order valence-corrected chi connectivity index (χ2v) is 4.06. The molecule has 1 aliphatic rings. The Balaban J connectivity index is 2.51. The molecular formula is C13H12N2O6. The Morgan fingerprint density at radius 3 is 2.19 bits per heavy atom. The summed E-state index contributed by atoms with van der Waals surface area (Å²) < 4.78 is 10.1. The van der Waals surface area contributed by atoms with E-state index in [1.807, 2.05) is 10.6 Å². The number of hydrogen-bond acceptors (Lipinski definition) is 6. The minimum atomic E-state index is -0.895. The van der Waals surface area contributed by atoms with Crippen LogP contribution in [0.4, 0.5) is 4.79 Å². The number of carbonyl (C=O) groups excluding carboxylic acids is 3. The van der Waals surface area contributed by atoms with Gasteiger partial charge in [0.25, 0.3) is 11.8 Å². The maximum absolute atomic E-state index is 11.6. The van der Waals surface area contributed by atoms with Gasteiger partial charge in [-0.1, -0.05) is 0 Å². The molecule has 0 bridgehead atoms. The van der Waals surface area contributed by atoms with Gasteiger partial charge in [0.15, 0.2) is 0 Å². The van der Waals surface area contributed by atoms with Crippen molar-refractivity contribution in [2.45, 2.75) is 0 Å². The van der Waals surface area contributed by atoms with Crippen LogP contribution < -0.4 is 20.1 Å². The van der Waals surface area contributed by atoms with Crippen molar-refractivity contribution < 1.29 is 29.0 Å². The Hall–Kier alpha value is -3.03. The molecule has 21 heavy (non-hydrogen) atoms. The highest BCUT2D eigenvalue weighted by Crippen LogP contribution is 2.35. The number of imide groups is 2. The largest absolute Gasteiger partial charge is 0.507 e. The Morgan fingerprint density at radius 1 is 1.05 bits per heavy atom. The first-order valence-electron chi connectivity index (χ1n) is 5.79. The van der Waals surface area contributed by atoms with Crippen molar-refractivity contribution in [1.29, 1.82) is 0 Å². The van der Waals surface area contributed by atoms with E-state index in [1.54, 1.807) is 0 Å². The van der Waals surface area contributed by atoms with Crippen molar-refractivity contribution in [1.82, 2.24) is 10.6 Å². The molecule has 8 heteroatoms. The summed E-state index contributed by atoms with van der Waals surface area (Å²) >= 11 is 0. The van der Waals surface area contributed by atoms with E-state index in [0.29, 0.717) is 5.75 Å². The maximum atomic E-state index is 11.6. The molecule has 1 aromatic rings. The summed E-state index contributed by atoms with van der Waals surface area (Å²) in [6.45, 7) is 0. The molecule has 0 aromatic heterocycles. The molecule has 0 radical (unpaired) electrons. The number of methoxy groups -OCH3 is 2. The molecule has 0 saturated carbocycles. The quantitative estimate of drug-likeness (QED) is 0.540. The Morgan fingerprint density at radius 2 is 1.67 bits per heavy atom. The van der Waals surface area contributed by atoms with Gasteiger partial charge in [0.1, 0.15) is 22.8 Å². The van der Waals surface area contributed by atoms with Crippen LogP contribution in [0.15, 0.2) is 17.7 Å². The van der Waals surface area contributed by atoms with E-state index in [4.69, 9.17) is 9.47 Å². The maximum Gasteiger partial charge on any atom is 0.328 e. The van der Waals surface area contributed by atoms with Crippen LogP contribution in [0.3, 0.4) is 0 Å². The van der Waals surface area contributed by atoms with Crippen LogP contribution in [-0.2, 0) is 9.59 Å². The van der Waals surface area contributed by atoms with Gasteiger partial charge in [0.05, 0.1) is 19.8 Å². The van der Waals surface area contributed by atoms with Gasteiger partial charge in [-0.2, -0.15) is 0 Å². The predicted octanol–water partition coefficient (Wildman–Crippen LogP) is 0.159. The fraction of sp³-hybridized carbons (Fsp3) is 0.154. The number of rotatable bonds is 3. The number of urea groups is 1. The molecule has 1 fully saturated rings. The zero-order valence-electron chi connectivity index (χ0n) is 11.2. The lowest BCUT2D eigenvalue weighted by Crippen LogP contribution is -2.51. The summed E-state index contributed by atoms with van der Waals surface area (Å²) in [6.07, 6.45) is 1.13. The number of phenols is 1. The Bertz CT molecular complexity index is 643.